The summed E-state index contributed by atoms with van der Waals surface area (Å²) in [6, 6.07) is 14.8. The van der Waals surface area contributed by atoms with Crippen LogP contribution < -0.4 is 10.4 Å². The van der Waals surface area contributed by atoms with E-state index in [0.29, 0.717) is 46.3 Å². The average Bonchev–Trinajstić information content (AvgIpc) is 3.26. The quantitative estimate of drug-likeness (QED) is 0.254. The molecule has 3 unspecified atom stereocenters. The number of pyridine rings is 1. The molecule has 9 rings (SSSR count). The summed E-state index contributed by atoms with van der Waals surface area (Å²) < 4.78 is 10.4. The summed E-state index contributed by atoms with van der Waals surface area (Å²) in [5, 5.41) is 1.13. The van der Waals surface area contributed by atoms with Gasteiger partial charge in [0.1, 0.15) is 11.3 Å². The van der Waals surface area contributed by atoms with Crippen LogP contribution in [0.4, 0.5) is 0 Å². The number of ether oxygens (including phenoxy) is 1. The first-order valence-corrected chi connectivity index (χ1v) is 15.9. The number of aromatic nitrogens is 6. The van der Waals surface area contributed by atoms with Crippen LogP contribution in [0.3, 0.4) is 0 Å². The first-order chi connectivity index (χ1) is 21.9. The van der Waals surface area contributed by atoms with Crippen molar-refractivity contribution in [3.05, 3.63) is 64.7 Å². The summed E-state index contributed by atoms with van der Waals surface area (Å²) in [5.74, 6) is 3.38. The van der Waals surface area contributed by atoms with Crippen molar-refractivity contribution in [2.45, 2.75) is 45.2 Å². The normalized spacial score (nSPS) is 21.1. The van der Waals surface area contributed by atoms with Gasteiger partial charge in [0.25, 0.3) is 5.91 Å². The number of hydrogen-bond donors (Lipinski definition) is 2. The molecule has 4 aromatic heterocycles. The van der Waals surface area contributed by atoms with Crippen molar-refractivity contribution in [3.8, 4) is 28.4 Å². The molecule has 2 bridgehead atoms. The molecule has 1 amide bonds. The molecule has 6 aromatic rings. The minimum atomic E-state index is -0.263. The van der Waals surface area contributed by atoms with Crippen molar-refractivity contribution in [2.75, 3.05) is 13.7 Å². The third-order valence-electron chi connectivity index (χ3n) is 10.6. The Kier molecular flexibility index (Phi) is 5.64. The van der Waals surface area contributed by atoms with Gasteiger partial charge in [-0.2, -0.15) is 0 Å². The Morgan fingerprint density at radius 2 is 1.91 bits per heavy atom. The maximum Gasteiger partial charge on any atom is 0.325 e. The molecule has 1 saturated heterocycles. The van der Waals surface area contributed by atoms with Crippen LogP contribution in [0.5, 0.6) is 5.75 Å². The van der Waals surface area contributed by atoms with Gasteiger partial charge in [0, 0.05) is 54.4 Å². The van der Waals surface area contributed by atoms with Gasteiger partial charge in [0.05, 0.1) is 23.8 Å². The molecule has 45 heavy (non-hydrogen) atoms. The lowest BCUT2D eigenvalue weighted by Gasteiger charge is -2.27. The van der Waals surface area contributed by atoms with Crippen molar-refractivity contribution in [2.24, 2.45) is 24.8 Å². The van der Waals surface area contributed by atoms with Crippen LogP contribution in [0.1, 0.15) is 43.0 Å². The molecule has 0 spiro atoms. The van der Waals surface area contributed by atoms with Gasteiger partial charge in [0.2, 0.25) is 0 Å². The number of likely N-dealkylation sites (tertiary alicyclic amines) is 1. The third-order valence-corrected chi connectivity index (χ3v) is 10.6. The van der Waals surface area contributed by atoms with E-state index >= 15 is 0 Å². The number of piperidine rings is 1. The SMILES string of the molecule is COc1cc(C(=O)N2CC3CCC2C3C)cc2nc(-c3cc4ccc(-c5cnc6[nH]c(=O)[nH]c6c5)cc4n3CC3CC3)n(C)c12. The van der Waals surface area contributed by atoms with Crippen molar-refractivity contribution >= 4 is 39.0 Å². The Morgan fingerprint density at radius 1 is 1.04 bits per heavy atom. The Labute approximate surface area is 259 Å². The predicted molar refractivity (Wildman–Crippen MR) is 173 cm³/mol. The highest BCUT2D eigenvalue weighted by molar-refractivity contribution is 6.00. The number of aryl methyl sites for hydroxylation is 1. The number of carbonyl (C=O) groups is 1. The summed E-state index contributed by atoms with van der Waals surface area (Å²) >= 11 is 0. The minimum absolute atomic E-state index is 0.0771. The Hall–Kier alpha value is -4.86. The topological polar surface area (TPSA) is 114 Å². The zero-order chi connectivity index (χ0) is 30.6. The number of nitrogens with one attached hydrogen (secondary N) is 2. The van der Waals surface area contributed by atoms with Crippen molar-refractivity contribution in [1.29, 1.82) is 0 Å². The molecule has 3 aliphatic rings. The molecule has 10 heteroatoms. The molecule has 2 saturated carbocycles. The van der Waals surface area contributed by atoms with E-state index < -0.39 is 0 Å². The first-order valence-electron chi connectivity index (χ1n) is 15.9. The molecule has 10 nitrogen and oxygen atoms in total. The van der Waals surface area contributed by atoms with Gasteiger partial charge in [-0.25, -0.2) is 14.8 Å². The van der Waals surface area contributed by atoms with E-state index in [1.54, 1.807) is 13.3 Å². The molecule has 2 aliphatic carbocycles. The summed E-state index contributed by atoms with van der Waals surface area (Å²) in [5.41, 5.74) is 7.38. The number of carbonyl (C=O) groups excluding carboxylic acids is 1. The first kappa shape index (κ1) is 26.5. The molecule has 2 N–H and O–H groups in total. The summed E-state index contributed by atoms with van der Waals surface area (Å²) in [7, 11) is 3.69. The van der Waals surface area contributed by atoms with Crippen molar-refractivity contribution in [1.82, 2.24) is 34.0 Å². The number of rotatable bonds is 6. The standard InChI is InChI=1S/C35H35N7O3/c1-18-22-8-9-27(18)42(17-22)34(43)23-10-25-31(30(14-23)45-3)40(2)33(37-25)29-13-21-7-6-20(12-28(21)41(29)16-19-4-5-19)24-11-26-32(36-15-24)39-35(44)38-26/h6-7,10-15,18-19,22,27H,4-5,8-9,16-17H2,1-3H3,(H2,36,38,39,44). The number of H-pyrrole nitrogens is 2. The molecule has 0 radical (unpaired) electrons. The predicted octanol–water partition coefficient (Wildman–Crippen LogP) is 5.72. The Bertz CT molecular complexity index is 2230. The molecule has 3 atom stereocenters. The van der Waals surface area contributed by atoms with Crippen LogP contribution in [-0.2, 0) is 13.6 Å². The lowest BCUT2D eigenvalue weighted by molar-refractivity contribution is 0.0696. The van der Waals surface area contributed by atoms with E-state index in [4.69, 9.17) is 9.72 Å². The van der Waals surface area contributed by atoms with Crippen LogP contribution in [0.25, 0.3) is 55.7 Å². The molecular weight excluding hydrogens is 566 g/mol. The maximum atomic E-state index is 13.8. The fraction of sp³-hybridized carbons (Fsp3) is 0.371. The van der Waals surface area contributed by atoms with E-state index in [2.05, 4.69) is 60.2 Å². The largest absolute Gasteiger partial charge is 0.494 e. The lowest BCUT2D eigenvalue weighted by atomic mass is 10.0. The van der Waals surface area contributed by atoms with Crippen LogP contribution in [0, 0.1) is 17.8 Å². The number of nitrogens with zero attached hydrogens (tertiary/aromatic N) is 5. The van der Waals surface area contributed by atoms with Crippen LogP contribution in [0.15, 0.2) is 53.5 Å². The highest BCUT2D eigenvalue weighted by atomic mass is 16.5. The fourth-order valence-corrected chi connectivity index (χ4v) is 7.98. The number of imidazole rings is 2. The highest BCUT2D eigenvalue weighted by Gasteiger charge is 2.46. The van der Waals surface area contributed by atoms with Gasteiger partial charge >= 0.3 is 5.69 Å². The Morgan fingerprint density at radius 3 is 2.67 bits per heavy atom. The van der Waals surface area contributed by atoms with Crippen LogP contribution >= 0.6 is 0 Å². The van der Waals surface area contributed by atoms with E-state index in [9.17, 15) is 9.59 Å². The van der Waals surface area contributed by atoms with E-state index in [-0.39, 0.29) is 11.6 Å². The monoisotopic (exact) mass is 601 g/mol. The molecular formula is C35H35N7O3. The fourth-order valence-electron chi connectivity index (χ4n) is 7.98. The molecule has 5 heterocycles. The number of benzene rings is 2. The number of amides is 1. The second-order valence-electron chi connectivity index (χ2n) is 13.3. The van der Waals surface area contributed by atoms with E-state index in [0.717, 1.165) is 64.1 Å². The Balaban J connectivity index is 1.16. The highest BCUT2D eigenvalue weighted by Crippen LogP contribution is 2.44. The van der Waals surface area contributed by atoms with Gasteiger partial charge in [-0.3, -0.25) is 9.78 Å². The number of fused-ring (bicyclic) bond motifs is 5. The number of hydrogen-bond acceptors (Lipinski definition) is 5. The van der Waals surface area contributed by atoms with Crippen LogP contribution in [-0.4, -0.2) is 59.6 Å². The molecule has 1 aliphatic heterocycles. The minimum Gasteiger partial charge on any atom is -0.494 e. The summed E-state index contributed by atoms with van der Waals surface area (Å²) in [4.78, 5) is 42.8. The van der Waals surface area contributed by atoms with Gasteiger partial charge in [-0.15, -0.1) is 0 Å². The molecule has 228 valence electrons. The van der Waals surface area contributed by atoms with E-state index in [1.165, 1.54) is 19.3 Å². The second kappa shape index (κ2) is 9.57. The van der Waals surface area contributed by atoms with Crippen molar-refractivity contribution < 1.29 is 9.53 Å². The third kappa shape index (κ3) is 4.07. The summed E-state index contributed by atoms with van der Waals surface area (Å²) in [6.07, 6.45) is 6.55. The number of methoxy groups -OCH3 is 1. The van der Waals surface area contributed by atoms with Gasteiger partial charge < -0.3 is 23.8 Å². The van der Waals surface area contributed by atoms with Gasteiger partial charge in [-0.1, -0.05) is 19.1 Å². The van der Waals surface area contributed by atoms with Crippen LogP contribution in [0.2, 0.25) is 0 Å². The zero-order valence-electron chi connectivity index (χ0n) is 25.6. The second-order valence-corrected chi connectivity index (χ2v) is 13.3. The zero-order valence-corrected chi connectivity index (χ0v) is 25.6. The summed E-state index contributed by atoms with van der Waals surface area (Å²) in [6.45, 7) is 4.03. The van der Waals surface area contributed by atoms with Gasteiger partial charge in [0.15, 0.2) is 11.5 Å². The molecule has 2 aromatic carbocycles. The van der Waals surface area contributed by atoms with Crippen molar-refractivity contribution in [3.63, 3.8) is 0 Å². The smallest absolute Gasteiger partial charge is 0.325 e. The van der Waals surface area contributed by atoms with E-state index in [1.807, 2.05) is 25.2 Å². The maximum absolute atomic E-state index is 13.8. The lowest BCUT2D eigenvalue weighted by Crippen LogP contribution is -2.38. The average molecular weight is 602 g/mol. The van der Waals surface area contributed by atoms with Gasteiger partial charge in [-0.05, 0) is 79.3 Å². The molecule has 3 fully saturated rings. The number of aromatic amines is 2.